The number of carbonyl (C=O) groups is 2. The number of fused-ring (bicyclic) bond motifs is 1. The van der Waals surface area contributed by atoms with Gasteiger partial charge in [0.2, 0.25) is 11.8 Å². The van der Waals surface area contributed by atoms with E-state index in [1.165, 1.54) is 6.20 Å². The molecule has 33 heavy (non-hydrogen) atoms. The van der Waals surface area contributed by atoms with Crippen molar-refractivity contribution in [1.29, 1.82) is 0 Å². The number of rotatable bonds is 8. The van der Waals surface area contributed by atoms with Gasteiger partial charge in [-0.05, 0) is 29.3 Å². The molecule has 1 unspecified atom stereocenters. The largest absolute Gasteiger partial charge is 0.493 e. The molecule has 0 saturated carbocycles. The predicted octanol–water partition coefficient (Wildman–Crippen LogP) is 2.53. The number of methoxy groups -OCH3 is 2. The van der Waals surface area contributed by atoms with Crippen LogP contribution in [-0.2, 0) is 17.6 Å². The number of carbonyl (C=O) groups excluding carboxylic acids is 2. The number of pyridine rings is 1. The first-order valence-electron chi connectivity index (χ1n) is 10.5. The average Bonchev–Trinajstić information content (AvgIpc) is 3.26. The number of primary amides is 1. The summed E-state index contributed by atoms with van der Waals surface area (Å²) in [6, 6.07) is 13.0. The maximum Gasteiger partial charge on any atom is 0.250 e. The summed E-state index contributed by atoms with van der Waals surface area (Å²) in [6.07, 6.45) is 3.80. The van der Waals surface area contributed by atoms with Gasteiger partial charge in [0.05, 0.1) is 32.7 Å². The summed E-state index contributed by atoms with van der Waals surface area (Å²) >= 11 is 0. The third-order valence-electron chi connectivity index (χ3n) is 5.50. The van der Waals surface area contributed by atoms with Crippen LogP contribution < -0.4 is 25.3 Å². The monoisotopic (exact) mass is 447 g/mol. The lowest BCUT2D eigenvalue weighted by atomic mass is 10.0. The molecule has 170 valence electrons. The zero-order valence-electron chi connectivity index (χ0n) is 18.5. The third-order valence-corrected chi connectivity index (χ3v) is 5.50. The molecule has 1 atom stereocenters. The van der Waals surface area contributed by atoms with Gasteiger partial charge >= 0.3 is 0 Å². The third kappa shape index (κ3) is 4.90. The first kappa shape index (κ1) is 22.1. The lowest BCUT2D eigenvalue weighted by Crippen LogP contribution is -2.35. The molecule has 1 aliphatic heterocycles. The van der Waals surface area contributed by atoms with E-state index in [1.807, 2.05) is 24.3 Å². The van der Waals surface area contributed by atoms with Gasteiger partial charge in [-0.3, -0.25) is 14.6 Å². The van der Waals surface area contributed by atoms with Crippen molar-refractivity contribution >= 4 is 11.8 Å². The summed E-state index contributed by atoms with van der Waals surface area (Å²) < 4.78 is 16.7. The average molecular weight is 447 g/mol. The van der Waals surface area contributed by atoms with Crippen LogP contribution in [0.1, 0.15) is 21.5 Å². The van der Waals surface area contributed by atoms with E-state index in [0.29, 0.717) is 30.0 Å². The number of ether oxygens (including phenoxy) is 3. The van der Waals surface area contributed by atoms with Crippen molar-refractivity contribution in [3.63, 3.8) is 0 Å². The summed E-state index contributed by atoms with van der Waals surface area (Å²) in [4.78, 5) is 28.1. The summed E-state index contributed by atoms with van der Waals surface area (Å²) in [5.41, 5.74) is 9.17. The van der Waals surface area contributed by atoms with E-state index in [-0.39, 0.29) is 18.4 Å². The van der Waals surface area contributed by atoms with Crippen LogP contribution in [0.4, 0.5) is 0 Å². The Morgan fingerprint density at radius 1 is 1.12 bits per heavy atom. The van der Waals surface area contributed by atoms with Gasteiger partial charge in [0, 0.05) is 29.9 Å². The van der Waals surface area contributed by atoms with Crippen LogP contribution in [0, 0.1) is 0 Å². The minimum Gasteiger partial charge on any atom is -0.493 e. The normalized spacial score (nSPS) is 14.2. The Morgan fingerprint density at radius 2 is 1.94 bits per heavy atom. The Labute approximate surface area is 191 Å². The summed E-state index contributed by atoms with van der Waals surface area (Å²) in [5, 5.41) is 2.95. The zero-order valence-corrected chi connectivity index (χ0v) is 18.5. The smallest absolute Gasteiger partial charge is 0.250 e. The number of amides is 2. The van der Waals surface area contributed by atoms with E-state index >= 15 is 0 Å². The standard InChI is InChI=1S/C25H25N3O5/c1-31-21-7-6-15(8-22(21)32-2)9-23(29)28-14-19-11-16-4-3-5-20(24(16)33-19)17-10-18(25(26)30)13-27-12-17/h3-8,10,12-13,19H,9,11,14H2,1-2H3,(H2,26,30)(H,28,29). The topological polar surface area (TPSA) is 113 Å². The highest BCUT2D eigenvalue weighted by Gasteiger charge is 2.26. The molecular formula is C25H25N3O5. The number of nitrogens with one attached hydrogen (secondary N) is 1. The molecule has 3 aromatic rings. The molecule has 4 rings (SSSR count). The quantitative estimate of drug-likeness (QED) is 0.549. The van der Waals surface area contributed by atoms with E-state index < -0.39 is 5.91 Å². The van der Waals surface area contributed by atoms with Crippen LogP contribution in [0.15, 0.2) is 54.9 Å². The molecule has 1 aliphatic rings. The van der Waals surface area contributed by atoms with Gasteiger partial charge in [0.25, 0.3) is 0 Å². The van der Waals surface area contributed by atoms with E-state index in [1.54, 1.807) is 38.6 Å². The van der Waals surface area contributed by atoms with Crippen LogP contribution in [0.3, 0.4) is 0 Å². The zero-order chi connectivity index (χ0) is 23.4. The van der Waals surface area contributed by atoms with E-state index in [2.05, 4.69) is 10.3 Å². The molecule has 0 spiro atoms. The number of hydrogen-bond acceptors (Lipinski definition) is 6. The van der Waals surface area contributed by atoms with Gasteiger partial charge < -0.3 is 25.3 Å². The number of para-hydroxylation sites is 1. The van der Waals surface area contributed by atoms with Gasteiger partial charge in [-0.2, -0.15) is 0 Å². The SMILES string of the molecule is COc1ccc(CC(=O)NCC2Cc3cccc(-c4cncc(C(N)=O)c4)c3O2)cc1OC. The number of aromatic nitrogens is 1. The number of nitrogens with zero attached hydrogens (tertiary/aromatic N) is 1. The second-order valence-corrected chi connectivity index (χ2v) is 7.73. The molecule has 2 heterocycles. The fraction of sp³-hybridized carbons (Fsp3) is 0.240. The van der Waals surface area contributed by atoms with E-state index in [9.17, 15) is 9.59 Å². The molecule has 2 amide bonds. The summed E-state index contributed by atoms with van der Waals surface area (Å²) in [7, 11) is 3.13. The molecule has 0 bridgehead atoms. The molecular weight excluding hydrogens is 422 g/mol. The predicted molar refractivity (Wildman–Crippen MR) is 123 cm³/mol. The Kier molecular flexibility index (Phi) is 6.44. The summed E-state index contributed by atoms with van der Waals surface area (Å²) in [6.45, 7) is 0.375. The highest BCUT2D eigenvalue weighted by atomic mass is 16.5. The molecule has 0 aliphatic carbocycles. The lowest BCUT2D eigenvalue weighted by Gasteiger charge is -2.14. The Bertz CT molecular complexity index is 1190. The molecule has 2 aromatic carbocycles. The molecule has 3 N–H and O–H groups in total. The Balaban J connectivity index is 1.40. The first-order valence-corrected chi connectivity index (χ1v) is 10.5. The minimum atomic E-state index is -0.534. The fourth-order valence-electron chi connectivity index (χ4n) is 3.87. The van der Waals surface area contributed by atoms with Gasteiger partial charge in [0.1, 0.15) is 11.9 Å². The highest BCUT2D eigenvalue weighted by Crippen LogP contribution is 2.38. The van der Waals surface area contributed by atoms with Crippen molar-refractivity contribution in [2.75, 3.05) is 20.8 Å². The van der Waals surface area contributed by atoms with Crippen molar-refractivity contribution in [3.8, 4) is 28.4 Å². The fourth-order valence-corrected chi connectivity index (χ4v) is 3.87. The minimum absolute atomic E-state index is 0.111. The van der Waals surface area contributed by atoms with Crippen LogP contribution in [0.25, 0.3) is 11.1 Å². The van der Waals surface area contributed by atoms with Crippen LogP contribution in [0.5, 0.6) is 17.2 Å². The molecule has 1 aromatic heterocycles. The first-order chi connectivity index (χ1) is 16.0. The van der Waals surface area contributed by atoms with Crippen molar-refractivity contribution in [1.82, 2.24) is 10.3 Å². The molecule has 0 saturated heterocycles. The highest BCUT2D eigenvalue weighted by molar-refractivity contribution is 5.94. The molecule has 0 fully saturated rings. The molecule has 0 radical (unpaired) electrons. The maximum atomic E-state index is 12.5. The second kappa shape index (κ2) is 9.60. The number of hydrogen-bond donors (Lipinski definition) is 2. The van der Waals surface area contributed by atoms with Crippen LogP contribution in [-0.4, -0.2) is 43.7 Å². The van der Waals surface area contributed by atoms with E-state index in [0.717, 1.165) is 28.0 Å². The maximum absolute atomic E-state index is 12.5. The van der Waals surface area contributed by atoms with Gasteiger partial charge in [-0.25, -0.2) is 0 Å². The van der Waals surface area contributed by atoms with Gasteiger partial charge in [-0.15, -0.1) is 0 Å². The molecule has 8 nitrogen and oxygen atoms in total. The van der Waals surface area contributed by atoms with E-state index in [4.69, 9.17) is 19.9 Å². The van der Waals surface area contributed by atoms with Crippen LogP contribution >= 0.6 is 0 Å². The number of benzene rings is 2. The van der Waals surface area contributed by atoms with Gasteiger partial charge in [-0.1, -0.05) is 24.3 Å². The second-order valence-electron chi connectivity index (χ2n) is 7.73. The molecule has 8 heteroatoms. The van der Waals surface area contributed by atoms with Crippen LogP contribution in [0.2, 0.25) is 0 Å². The van der Waals surface area contributed by atoms with Crippen molar-refractivity contribution in [3.05, 3.63) is 71.5 Å². The Morgan fingerprint density at radius 3 is 2.70 bits per heavy atom. The number of nitrogens with two attached hydrogens (primary N) is 1. The van der Waals surface area contributed by atoms with Gasteiger partial charge in [0.15, 0.2) is 11.5 Å². The Hall–Kier alpha value is -4.07. The summed E-state index contributed by atoms with van der Waals surface area (Å²) in [5.74, 6) is 1.29. The lowest BCUT2D eigenvalue weighted by molar-refractivity contribution is -0.120. The van der Waals surface area contributed by atoms with Crippen molar-refractivity contribution in [2.45, 2.75) is 18.9 Å². The van der Waals surface area contributed by atoms with Crippen molar-refractivity contribution < 1.29 is 23.8 Å². The van der Waals surface area contributed by atoms with Crippen molar-refractivity contribution in [2.24, 2.45) is 5.73 Å².